The average molecular weight is 298 g/mol. The molecule has 1 amide bonds. The minimum absolute atomic E-state index is 0.0355. The molecule has 0 aromatic heterocycles. The summed E-state index contributed by atoms with van der Waals surface area (Å²) >= 11 is 0. The number of hydroxylamine groups is 1. The maximum Gasteiger partial charge on any atom is 0.261 e. The van der Waals surface area contributed by atoms with Crippen LogP contribution >= 0.6 is 0 Å². The smallest absolute Gasteiger partial charge is 0.261 e. The van der Waals surface area contributed by atoms with Gasteiger partial charge in [-0.25, -0.2) is 13.9 Å². The summed E-state index contributed by atoms with van der Waals surface area (Å²) in [5, 5.41) is 8.67. The van der Waals surface area contributed by atoms with E-state index in [4.69, 9.17) is 5.21 Å². The van der Waals surface area contributed by atoms with Crippen LogP contribution in [0.2, 0.25) is 0 Å². The Hall–Kier alpha value is -1.44. The summed E-state index contributed by atoms with van der Waals surface area (Å²) in [7, 11) is -3.50. The van der Waals surface area contributed by atoms with Gasteiger partial charge in [0.05, 0.1) is 5.75 Å². The average Bonchev–Trinajstić information content (AvgIpc) is 2.96. The van der Waals surface area contributed by atoms with E-state index in [0.717, 1.165) is 5.56 Å². The highest BCUT2D eigenvalue weighted by atomic mass is 32.2. The number of benzene rings is 1. The fourth-order valence-corrected chi connectivity index (χ4v) is 4.14. The highest BCUT2D eigenvalue weighted by molar-refractivity contribution is 7.89. The molecular weight excluding hydrogens is 280 g/mol. The van der Waals surface area contributed by atoms with Gasteiger partial charge in [0, 0.05) is 6.54 Å². The third-order valence-corrected chi connectivity index (χ3v) is 5.34. The summed E-state index contributed by atoms with van der Waals surface area (Å²) in [4.78, 5) is 11.5. The Kier molecular flexibility index (Phi) is 4.74. The van der Waals surface area contributed by atoms with Crippen LogP contribution in [-0.4, -0.2) is 42.2 Å². The standard InChI is InChI=1S/C13H18N2O4S/c16-13(14-17)12-7-4-9-15(12)20(18,19)10-8-11-5-2-1-3-6-11/h1-3,5-6,12,17H,4,7-10H2,(H,14,16)/t12-/m1/s1. The van der Waals surface area contributed by atoms with Crippen LogP contribution in [0.1, 0.15) is 18.4 Å². The molecule has 6 nitrogen and oxygen atoms in total. The van der Waals surface area contributed by atoms with Gasteiger partial charge in [-0.1, -0.05) is 30.3 Å². The van der Waals surface area contributed by atoms with Crippen molar-refractivity contribution >= 4 is 15.9 Å². The molecular formula is C13H18N2O4S. The monoisotopic (exact) mass is 298 g/mol. The first-order valence-corrected chi connectivity index (χ1v) is 8.13. The highest BCUT2D eigenvalue weighted by Gasteiger charge is 2.38. The van der Waals surface area contributed by atoms with Crippen LogP contribution in [0, 0.1) is 0 Å². The van der Waals surface area contributed by atoms with Crippen molar-refractivity contribution < 1.29 is 18.4 Å². The van der Waals surface area contributed by atoms with E-state index in [1.807, 2.05) is 30.3 Å². The number of hydrogen-bond donors (Lipinski definition) is 2. The van der Waals surface area contributed by atoms with Crippen molar-refractivity contribution in [3.8, 4) is 0 Å². The second-order valence-corrected chi connectivity index (χ2v) is 6.84. The van der Waals surface area contributed by atoms with Gasteiger partial charge in [-0.05, 0) is 24.8 Å². The molecule has 1 aromatic carbocycles. The van der Waals surface area contributed by atoms with E-state index in [-0.39, 0.29) is 5.75 Å². The Morgan fingerprint density at radius 3 is 2.70 bits per heavy atom. The Balaban J connectivity index is 2.04. The molecule has 1 aliphatic heterocycles. The highest BCUT2D eigenvalue weighted by Crippen LogP contribution is 2.22. The summed E-state index contributed by atoms with van der Waals surface area (Å²) in [5.41, 5.74) is 2.48. The molecule has 1 atom stereocenters. The lowest BCUT2D eigenvalue weighted by atomic mass is 10.2. The molecule has 1 aliphatic rings. The Morgan fingerprint density at radius 2 is 2.05 bits per heavy atom. The van der Waals surface area contributed by atoms with Gasteiger partial charge in [0.15, 0.2) is 0 Å². The van der Waals surface area contributed by atoms with E-state index in [0.29, 0.717) is 25.8 Å². The van der Waals surface area contributed by atoms with Gasteiger partial charge in [0.2, 0.25) is 10.0 Å². The predicted octanol–water partition coefficient (Wildman–Crippen LogP) is 0.529. The lowest BCUT2D eigenvalue weighted by Gasteiger charge is -2.22. The lowest BCUT2D eigenvalue weighted by molar-refractivity contribution is -0.132. The minimum atomic E-state index is -3.50. The van der Waals surface area contributed by atoms with Crippen LogP contribution in [0.25, 0.3) is 0 Å². The van der Waals surface area contributed by atoms with Gasteiger partial charge in [-0.3, -0.25) is 10.0 Å². The number of carbonyl (C=O) groups is 1. The van der Waals surface area contributed by atoms with Gasteiger partial charge in [0.1, 0.15) is 6.04 Å². The third-order valence-electron chi connectivity index (χ3n) is 3.47. The number of nitrogens with zero attached hydrogens (tertiary/aromatic N) is 1. The zero-order valence-corrected chi connectivity index (χ0v) is 11.8. The Labute approximate surface area is 118 Å². The summed E-state index contributed by atoms with van der Waals surface area (Å²) in [6.07, 6.45) is 1.48. The molecule has 0 saturated carbocycles. The van der Waals surface area contributed by atoms with Crippen molar-refractivity contribution in [2.45, 2.75) is 25.3 Å². The molecule has 1 fully saturated rings. The molecule has 20 heavy (non-hydrogen) atoms. The van der Waals surface area contributed by atoms with Crippen molar-refractivity contribution in [1.82, 2.24) is 9.79 Å². The van der Waals surface area contributed by atoms with Crippen molar-refractivity contribution in [2.75, 3.05) is 12.3 Å². The summed E-state index contributed by atoms with van der Waals surface area (Å²) in [6, 6.07) is 8.55. The van der Waals surface area contributed by atoms with E-state index in [9.17, 15) is 13.2 Å². The number of aryl methyl sites for hydroxylation is 1. The van der Waals surface area contributed by atoms with Gasteiger partial charge < -0.3 is 0 Å². The maximum atomic E-state index is 12.3. The van der Waals surface area contributed by atoms with Crippen LogP contribution < -0.4 is 5.48 Å². The molecule has 7 heteroatoms. The van der Waals surface area contributed by atoms with Crippen LogP contribution in [0.3, 0.4) is 0 Å². The summed E-state index contributed by atoms with van der Waals surface area (Å²) in [6.45, 7) is 0.329. The fraction of sp³-hybridized carbons (Fsp3) is 0.462. The second-order valence-electron chi connectivity index (χ2n) is 4.80. The van der Waals surface area contributed by atoms with Crippen LogP contribution in [0.5, 0.6) is 0 Å². The maximum absolute atomic E-state index is 12.3. The summed E-state index contributed by atoms with van der Waals surface area (Å²) in [5.74, 6) is -0.697. The van der Waals surface area contributed by atoms with Crippen LogP contribution in [0.15, 0.2) is 30.3 Å². The molecule has 2 N–H and O–H groups in total. The van der Waals surface area contributed by atoms with Crippen LogP contribution in [0.4, 0.5) is 0 Å². The predicted molar refractivity (Wildman–Crippen MR) is 73.6 cm³/mol. The number of hydrogen-bond acceptors (Lipinski definition) is 4. The van der Waals surface area contributed by atoms with E-state index < -0.39 is 22.0 Å². The molecule has 2 rings (SSSR count). The van der Waals surface area contributed by atoms with Crippen molar-refractivity contribution in [2.24, 2.45) is 0 Å². The Bertz CT molecular complexity index is 559. The molecule has 0 bridgehead atoms. The third kappa shape index (κ3) is 3.36. The minimum Gasteiger partial charge on any atom is -0.289 e. The molecule has 0 radical (unpaired) electrons. The zero-order valence-electron chi connectivity index (χ0n) is 11.0. The van der Waals surface area contributed by atoms with Gasteiger partial charge in [-0.2, -0.15) is 4.31 Å². The van der Waals surface area contributed by atoms with E-state index in [2.05, 4.69) is 0 Å². The molecule has 1 heterocycles. The fourth-order valence-electron chi connectivity index (χ4n) is 2.42. The van der Waals surface area contributed by atoms with Gasteiger partial charge >= 0.3 is 0 Å². The van der Waals surface area contributed by atoms with Crippen LogP contribution in [-0.2, 0) is 21.2 Å². The zero-order chi connectivity index (χ0) is 14.6. The normalized spacial score (nSPS) is 19.9. The number of sulfonamides is 1. The molecule has 0 aliphatic carbocycles. The Morgan fingerprint density at radius 1 is 1.35 bits per heavy atom. The first-order valence-electron chi connectivity index (χ1n) is 6.52. The second kappa shape index (κ2) is 6.34. The largest absolute Gasteiger partial charge is 0.289 e. The first-order chi connectivity index (χ1) is 9.54. The SMILES string of the molecule is O=C(NO)[C@H]1CCCN1S(=O)(=O)CCc1ccccc1. The van der Waals surface area contributed by atoms with Gasteiger partial charge in [-0.15, -0.1) is 0 Å². The summed E-state index contributed by atoms with van der Waals surface area (Å²) < 4.78 is 25.8. The van der Waals surface area contributed by atoms with Crippen molar-refractivity contribution in [1.29, 1.82) is 0 Å². The molecule has 1 saturated heterocycles. The quantitative estimate of drug-likeness (QED) is 0.613. The van der Waals surface area contributed by atoms with Gasteiger partial charge in [0.25, 0.3) is 5.91 Å². The topological polar surface area (TPSA) is 86.7 Å². The number of rotatable bonds is 5. The molecule has 0 unspecified atom stereocenters. The number of nitrogens with one attached hydrogen (secondary N) is 1. The number of carbonyl (C=O) groups excluding carboxylic acids is 1. The lowest BCUT2D eigenvalue weighted by Crippen LogP contribution is -2.46. The number of amides is 1. The molecule has 1 aromatic rings. The van der Waals surface area contributed by atoms with E-state index in [1.54, 1.807) is 0 Å². The van der Waals surface area contributed by atoms with Crippen molar-refractivity contribution in [3.05, 3.63) is 35.9 Å². The van der Waals surface area contributed by atoms with E-state index >= 15 is 0 Å². The first kappa shape index (κ1) is 15.0. The van der Waals surface area contributed by atoms with Crippen molar-refractivity contribution in [3.63, 3.8) is 0 Å². The van der Waals surface area contributed by atoms with E-state index in [1.165, 1.54) is 9.79 Å². The molecule has 0 spiro atoms. The molecule has 110 valence electrons.